The Kier molecular flexibility index (Phi) is 7.17. The number of halogens is 1. The minimum atomic E-state index is -0.256. The van der Waals surface area contributed by atoms with Crippen molar-refractivity contribution in [1.82, 2.24) is 14.5 Å². The van der Waals surface area contributed by atoms with Crippen molar-refractivity contribution in [3.05, 3.63) is 71.5 Å². The third kappa shape index (κ3) is 5.53. The Bertz CT molecular complexity index is 1100. The second kappa shape index (κ2) is 10.2. The van der Waals surface area contributed by atoms with Crippen molar-refractivity contribution in [2.24, 2.45) is 13.0 Å². The number of rotatable bonds is 6. The summed E-state index contributed by atoms with van der Waals surface area (Å²) in [5.74, 6) is -0.290. The quantitative estimate of drug-likeness (QED) is 0.572. The number of imidazole rings is 1. The smallest absolute Gasteiger partial charge is 0.229 e. The summed E-state index contributed by atoms with van der Waals surface area (Å²) >= 11 is 7.67. The average molecular weight is 469 g/mol. The van der Waals surface area contributed by atoms with Crippen LogP contribution in [0.4, 0.5) is 5.69 Å². The molecule has 1 aliphatic rings. The summed E-state index contributed by atoms with van der Waals surface area (Å²) in [6, 6.07) is 15.1. The van der Waals surface area contributed by atoms with Crippen LogP contribution < -0.4 is 5.32 Å². The van der Waals surface area contributed by atoms with Gasteiger partial charge in [-0.25, -0.2) is 4.98 Å². The van der Waals surface area contributed by atoms with Crippen molar-refractivity contribution in [3.63, 3.8) is 0 Å². The van der Waals surface area contributed by atoms with E-state index in [4.69, 9.17) is 11.6 Å². The van der Waals surface area contributed by atoms with E-state index in [0.29, 0.717) is 30.2 Å². The van der Waals surface area contributed by atoms with E-state index in [1.807, 2.05) is 59.1 Å². The van der Waals surface area contributed by atoms with Gasteiger partial charge in [0.15, 0.2) is 5.16 Å². The predicted octanol–water partition coefficient (Wildman–Crippen LogP) is 4.64. The van der Waals surface area contributed by atoms with Crippen LogP contribution in [0, 0.1) is 5.92 Å². The van der Waals surface area contributed by atoms with Gasteiger partial charge in [0.1, 0.15) is 0 Å². The Morgan fingerprint density at radius 1 is 1.22 bits per heavy atom. The Morgan fingerprint density at radius 3 is 2.78 bits per heavy atom. The standard InChI is InChI=1S/C24H25ClN4O2S/c1-28-13-11-26-24(28)32-21-10-9-19(25)15-20(21)27-23(31)18-8-5-12-29(16-18)22(30)14-17-6-3-2-4-7-17/h2-4,6-7,9-11,13,15,18H,5,8,12,14,16H2,1H3,(H,27,31). The zero-order valence-corrected chi connectivity index (χ0v) is 19.4. The Labute approximate surface area is 197 Å². The second-order valence-corrected chi connectivity index (χ2v) is 9.34. The molecule has 0 aliphatic carbocycles. The summed E-state index contributed by atoms with van der Waals surface area (Å²) < 4.78 is 1.92. The summed E-state index contributed by atoms with van der Waals surface area (Å²) in [7, 11) is 1.92. The molecule has 1 N–H and O–H groups in total. The molecule has 2 amide bonds. The van der Waals surface area contributed by atoms with E-state index >= 15 is 0 Å². The van der Waals surface area contributed by atoms with Crippen LogP contribution in [-0.4, -0.2) is 39.4 Å². The van der Waals surface area contributed by atoms with Crippen LogP contribution in [0.15, 0.2) is 71.0 Å². The summed E-state index contributed by atoms with van der Waals surface area (Å²) in [6.45, 7) is 1.12. The first-order chi connectivity index (χ1) is 15.5. The number of likely N-dealkylation sites (tertiary alicyclic amines) is 1. The largest absolute Gasteiger partial charge is 0.342 e. The fraction of sp³-hybridized carbons (Fsp3) is 0.292. The van der Waals surface area contributed by atoms with E-state index in [-0.39, 0.29) is 17.7 Å². The highest BCUT2D eigenvalue weighted by Gasteiger charge is 2.29. The minimum Gasteiger partial charge on any atom is -0.342 e. The highest BCUT2D eigenvalue weighted by atomic mass is 35.5. The zero-order chi connectivity index (χ0) is 22.5. The number of aromatic nitrogens is 2. The number of hydrogen-bond donors (Lipinski definition) is 1. The normalized spacial score (nSPS) is 16.1. The molecular weight excluding hydrogens is 444 g/mol. The molecule has 166 valence electrons. The highest BCUT2D eigenvalue weighted by molar-refractivity contribution is 7.99. The number of nitrogens with zero attached hydrogens (tertiary/aromatic N) is 3. The number of benzene rings is 2. The number of aryl methyl sites for hydroxylation is 1. The predicted molar refractivity (Wildman–Crippen MR) is 127 cm³/mol. The molecule has 2 aromatic carbocycles. The van der Waals surface area contributed by atoms with Crippen LogP contribution in [0.1, 0.15) is 18.4 Å². The molecule has 1 fully saturated rings. The van der Waals surface area contributed by atoms with Crippen molar-refractivity contribution in [2.45, 2.75) is 29.3 Å². The lowest BCUT2D eigenvalue weighted by Gasteiger charge is -2.32. The third-order valence-corrected chi connectivity index (χ3v) is 6.91. The molecule has 3 aromatic rings. The molecule has 1 aromatic heterocycles. The molecule has 0 spiro atoms. The first-order valence-corrected chi connectivity index (χ1v) is 11.8. The second-order valence-electron chi connectivity index (χ2n) is 7.89. The fourth-order valence-corrected chi connectivity index (χ4v) is 4.82. The van der Waals surface area contributed by atoms with Crippen LogP contribution in [0.2, 0.25) is 5.02 Å². The highest BCUT2D eigenvalue weighted by Crippen LogP contribution is 2.34. The maximum atomic E-state index is 13.1. The Hall–Kier alpha value is -2.77. The van der Waals surface area contributed by atoms with Gasteiger partial charge >= 0.3 is 0 Å². The lowest BCUT2D eigenvalue weighted by Crippen LogP contribution is -2.44. The van der Waals surface area contributed by atoms with Crippen LogP contribution in [0.25, 0.3) is 0 Å². The van der Waals surface area contributed by atoms with E-state index in [9.17, 15) is 9.59 Å². The van der Waals surface area contributed by atoms with Gasteiger partial charge in [-0.05, 0) is 48.4 Å². The molecule has 0 saturated carbocycles. The number of piperidine rings is 1. The number of hydrogen-bond acceptors (Lipinski definition) is 4. The van der Waals surface area contributed by atoms with Crippen LogP contribution in [0.3, 0.4) is 0 Å². The summed E-state index contributed by atoms with van der Waals surface area (Å²) in [6.07, 6.45) is 5.53. The van der Waals surface area contributed by atoms with Crippen LogP contribution >= 0.6 is 23.4 Å². The van der Waals surface area contributed by atoms with Gasteiger partial charge in [0, 0.05) is 42.4 Å². The lowest BCUT2D eigenvalue weighted by atomic mass is 9.96. The minimum absolute atomic E-state index is 0.0579. The summed E-state index contributed by atoms with van der Waals surface area (Å²) in [5.41, 5.74) is 1.64. The third-order valence-electron chi connectivity index (χ3n) is 5.52. The van der Waals surface area contributed by atoms with Crippen molar-refractivity contribution < 1.29 is 9.59 Å². The van der Waals surface area contributed by atoms with E-state index in [2.05, 4.69) is 10.3 Å². The molecule has 0 radical (unpaired) electrons. The number of amides is 2. The Morgan fingerprint density at radius 2 is 2.03 bits per heavy atom. The van der Waals surface area contributed by atoms with Crippen molar-refractivity contribution in [1.29, 1.82) is 0 Å². The van der Waals surface area contributed by atoms with Gasteiger partial charge in [-0.3, -0.25) is 9.59 Å². The molecule has 6 nitrogen and oxygen atoms in total. The van der Waals surface area contributed by atoms with Crippen LogP contribution in [0.5, 0.6) is 0 Å². The van der Waals surface area contributed by atoms with Crippen molar-refractivity contribution in [3.8, 4) is 0 Å². The van der Waals surface area contributed by atoms with Gasteiger partial charge < -0.3 is 14.8 Å². The van der Waals surface area contributed by atoms with Gasteiger partial charge in [0.2, 0.25) is 11.8 Å². The molecule has 1 atom stereocenters. The molecule has 2 heterocycles. The Balaban J connectivity index is 1.43. The van der Waals surface area contributed by atoms with Crippen molar-refractivity contribution >= 4 is 40.9 Å². The average Bonchev–Trinajstić information content (AvgIpc) is 3.20. The van der Waals surface area contributed by atoms with Gasteiger partial charge in [0.05, 0.1) is 18.0 Å². The summed E-state index contributed by atoms with van der Waals surface area (Å²) in [4.78, 5) is 32.9. The SMILES string of the molecule is Cn1ccnc1Sc1ccc(Cl)cc1NC(=O)C1CCCN(C(=O)Cc2ccccc2)C1. The van der Waals surface area contributed by atoms with E-state index in [1.165, 1.54) is 11.8 Å². The molecule has 32 heavy (non-hydrogen) atoms. The van der Waals surface area contributed by atoms with E-state index in [0.717, 1.165) is 28.5 Å². The first kappa shape index (κ1) is 22.4. The monoisotopic (exact) mass is 468 g/mol. The molecule has 8 heteroatoms. The maximum absolute atomic E-state index is 13.1. The first-order valence-electron chi connectivity index (χ1n) is 10.6. The number of anilines is 1. The molecule has 1 unspecified atom stereocenters. The molecular formula is C24H25ClN4O2S. The summed E-state index contributed by atoms with van der Waals surface area (Å²) in [5, 5.41) is 4.41. The zero-order valence-electron chi connectivity index (χ0n) is 17.8. The van der Waals surface area contributed by atoms with Gasteiger partial charge in [0.25, 0.3) is 0 Å². The van der Waals surface area contributed by atoms with Crippen LogP contribution in [-0.2, 0) is 23.1 Å². The molecule has 0 bridgehead atoms. The number of nitrogens with one attached hydrogen (secondary N) is 1. The molecule has 4 rings (SSSR count). The number of carbonyl (C=O) groups excluding carboxylic acids is 2. The topological polar surface area (TPSA) is 67.2 Å². The van der Waals surface area contributed by atoms with Crippen molar-refractivity contribution in [2.75, 3.05) is 18.4 Å². The lowest BCUT2D eigenvalue weighted by molar-refractivity contribution is -0.133. The maximum Gasteiger partial charge on any atom is 0.229 e. The number of carbonyl (C=O) groups is 2. The van der Waals surface area contributed by atoms with Gasteiger partial charge in [-0.2, -0.15) is 0 Å². The van der Waals surface area contributed by atoms with E-state index < -0.39 is 0 Å². The molecule has 1 aliphatic heterocycles. The van der Waals surface area contributed by atoms with Gasteiger partial charge in [-0.15, -0.1) is 0 Å². The molecule has 1 saturated heterocycles. The van der Waals surface area contributed by atoms with E-state index in [1.54, 1.807) is 18.3 Å². The fourth-order valence-electron chi connectivity index (χ4n) is 3.77. The van der Waals surface area contributed by atoms with Gasteiger partial charge in [-0.1, -0.05) is 41.9 Å².